The van der Waals surface area contributed by atoms with Crippen molar-refractivity contribution in [3.8, 4) is 17.2 Å². The van der Waals surface area contributed by atoms with Gasteiger partial charge in [-0.05, 0) is 37.8 Å². The SMILES string of the molecule is CCCCCc1c(O)c(CCCCC)c2c(c1O)c(=O)c1cccc(O)c1n2C. The summed E-state index contributed by atoms with van der Waals surface area (Å²) in [6.07, 6.45) is 6.95. The second-order valence-electron chi connectivity index (χ2n) is 7.85. The maximum atomic E-state index is 13.3. The van der Waals surface area contributed by atoms with E-state index in [4.69, 9.17) is 0 Å². The summed E-state index contributed by atoms with van der Waals surface area (Å²) in [4.78, 5) is 13.3. The third kappa shape index (κ3) is 3.66. The maximum absolute atomic E-state index is 13.3. The predicted octanol–water partition coefficient (Wildman–Crippen LogP) is 5.27. The Labute approximate surface area is 171 Å². The van der Waals surface area contributed by atoms with Crippen LogP contribution in [0.1, 0.15) is 63.5 Å². The van der Waals surface area contributed by atoms with Crippen LogP contribution in [0.3, 0.4) is 0 Å². The molecule has 5 heteroatoms. The van der Waals surface area contributed by atoms with Gasteiger partial charge in [-0.3, -0.25) is 4.79 Å². The number of phenolic OH excluding ortho intramolecular Hbond substituents is 3. The van der Waals surface area contributed by atoms with Crippen LogP contribution in [0.5, 0.6) is 17.2 Å². The monoisotopic (exact) mass is 397 g/mol. The predicted molar refractivity (Wildman–Crippen MR) is 118 cm³/mol. The van der Waals surface area contributed by atoms with Crippen LogP contribution in [0.25, 0.3) is 21.8 Å². The van der Waals surface area contributed by atoms with Crippen molar-refractivity contribution in [1.82, 2.24) is 4.57 Å². The molecule has 3 rings (SSSR count). The Morgan fingerprint density at radius 2 is 1.45 bits per heavy atom. The molecule has 0 aliphatic heterocycles. The lowest BCUT2D eigenvalue weighted by Gasteiger charge is -2.20. The first-order valence-electron chi connectivity index (χ1n) is 10.6. The summed E-state index contributed by atoms with van der Waals surface area (Å²) >= 11 is 0. The van der Waals surface area contributed by atoms with Crippen molar-refractivity contribution in [2.75, 3.05) is 0 Å². The van der Waals surface area contributed by atoms with Crippen LogP contribution in [0.4, 0.5) is 0 Å². The molecule has 0 fully saturated rings. The van der Waals surface area contributed by atoms with E-state index in [1.807, 2.05) is 0 Å². The van der Waals surface area contributed by atoms with Crippen LogP contribution in [0.2, 0.25) is 0 Å². The number of hydrogen-bond donors (Lipinski definition) is 3. The van der Waals surface area contributed by atoms with E-state index in [0.717, 1.165) is 38.5 Å². The average Bonchev–Trinajstić information content (AvgIpc) is 2.70. The fourth-order valence-electron chi connectivity index (χ4n) is 4.30. The number of nitrogens with zero attached hydrogens (tertiary/aromatic N) is 1. The number of rotatable bonds is 8. The van der Waals surface area contributed by atoms with Gasteiger partial charge in [0.05, 0.1) is 21.8 Å². The van der Waals surface area contributed by atoms with Gasteiger partial charge >= 0.3 is 0 Å². The van der Waals surface area contributed by atoms with Crippen LogP contribution in [-0.4, -0.2) is 19.9 Å². The van der Waals surface area contributed by atoms with Gasteiger partial charge in [0.15, 0.2) is 0 Å². The van der Waals surface area contributed by atoms with E-state index in [0.29, 0.717) is 40.4 Å². The Hall–Kier alpha value is -2.69. The standard InChI is InChI=1S/C24H31NO4/c1-4-6-8-11-16-21-19(24(29)17(22(16)27)12-9-7-5-2)23(28)15-13-10-14-18(26)20(15)25(21)3/h10,13-14,26-27,29H,4-9,11-12H2,1-3H3. The molecule has 0 saturated carbocycles. The van der Waals surface area contributed by atoms with Crippen LogP contribution >= 0.6 is 0 Å². The third-order valence-corrected chi connectivity index (χ3v) is 5.83. The number of para-hydroxylation sites is 1. The summed E-state index contributed by atoms with van der Waals surface area (Å²) in [5.41, 5.74) is 1.76. The average molecular weight is 398 g/mol. The zero-order chi connectivity index (χ0) is 21.1. The summed E-state index contributed by atoms with van der Waals surface area (Å²) in [6.45, 7) is 4.22. The molecule has 3 aromatic rings. The number of hydrogen-bond acceptors (Lipinski definition) is 4. The molecule has 2 aromatic carbocycles. The van der Waals surface area contributed by atoms with Crippen molar-refractivity contribution in [3.05, 3.63) is 39.5 Å². The largest absolute Gasteiger partial charge is 0.507 e. The topological polar surface area (TPSA) is 82.7 Å². The van der Waals surface area contributed by atoms with E-state index in [2.05, 4.69) is 13.8 Å². The van der Waals surface area contributed by atoms with Crippen molar-refractivity contribution in [1.29, 1.82) is 0 Å². The first-order chi connectivity index (χ1) is 13.9. The molecule has 0 aliphatic carbocycles. The quantitative estimate of drug-likeness (QED) is 0.357. The highest BCUT2D eigenvalue weighted by Crippen LogP contribution is 2.41. The molecule has 156 valence electrons. The van der Waals surface area contributed by atoms with Gasteiger partial charge in [-0.25, -0.2) is 0 Å². The van der Waals surface area contributed by atoms with Gasteiger partial charge in [-0.1, -0.05) is 45.6 Å². The summed E-state index contributed by atoms with van der Waals surface area (Å²) in [5, 5.41) is 33.1. The van der Waals surface area contributed by atoms with Gasteiger partial charge < -0.3 is 19.9 Å². The molecule has 5 nitrogen and oxygen atoms in total. The van der Waals surface area contributed by atoms with E-state index >= 15 is 0 Å². The van der Waals surface area contributed by atoms with E-state index in [9.17, 15) is 20.1 Å². The van der Waals surface area contributed by atoms with Crippen LogP contribution in [0.15, 0.2) is 23.0 Å². The zero-order valence-corrected chi connectivity index (χ0v) is 17.6. The Bertz CT molecular complexity index is 1100. The molecule has 0 spiro atoms. The fourth-order valence-corrected chi connectivity index (χ4v) is 4.30. The Kier molecular flexibility index (Phi) is 6.36. The van der Waals surface area contributed by atoms with Gasteiger partial charge in [0.2, 0.25) is 5.43 Å². The smallest absolute Gasteiger partial charge is 0.201 e. The van der Waals surface area contributed by atoms with Gasteiger partial charge in [-0.15, -0.1) is 0 Å². The lowest BCUT2D eigenvalue weighted by Crippen LogP contribution is -2.13. The molecule has 0 bridgehead atoms. The number of unbranched alkanes of at least 4 members (excludes halogenated alkanes) is 4. The molecule has 0 radical (unpaired) electrons. The molecule has 29 heavy (non-hydrogen) atoms. The minimum atomic E-state index is -0.310. The van der Waals surface area contributed by atoms with Crippen molar-refractivity contribution in [2.45, 2.75) is 65.2 Å². The highest BCUT2D eigenvalue weighted by atomic mass is 16.3. The summed E-state index contributed by atoms with van der Waals surface area (Å²) < 4.78 is 1.73. The van der Waals surface area contributed by atoms with Crippen LogP contribution in [-0.2, 0) is 19.9 Å². The first kappa shape index (κ1) is 21.0. The van der Waals surface area contributed by atoms with Gasteiger partial charge in [0, 0.05) is 18.2 Å². The van der Waals surface area contributed by atoms with E-state index in [1.54, 1.807) is 29.8 Å². The number of aromatic nitrogens is 1. The number of fused-ring (bicyclic) bond motifs is 2. The lowest BCUT2D eigenvalue weighted by molar-refractivity contribution is 0.434. The van der Waals surface area contributed by atoms with Crippen LogP contribution < -0.4 is 5.43 Å². The van der Waals surface area contributed by atoms with Gasteiger partial charge in [-0.2, -0.15) is 0 Å². The van der Waals surface area contributed by atoms with Crippen molar-refractivity contribution in [3.63, 3.8) is 0 Å². The first-order valence-corrected chi connectivity index (χ1v) is 10.6. The van der Waals surface area contributed by atoms with E-state index < -0.39 is 0 Å². The maximum Gasteiger partial charge on any atom is 0.201 e. The highest BCUT2D eigenvalue weighted by molar-refractivity contribution is 6.01. The van der Waals surface area contributed by atoms with Crippen molar-refractivity contribution in [2.24, 2.45) is 7.05 Å². The molecule has 0 atom stereocenters. The second-order valence-corrected chi connectivity index (χ2v) is 7.85. The number of aromatic hydroxyl groups is 3. The summed E-state index contributed by atoms with van der Waals surface area (Å²) in [5.74, 6) is -0.0276. The molecule has 0 unspecified atom stereocenters. The minimum absolute atomic E-state index is 0.00881. The normalized spacial score (nSPS) is 11.6. The number of pyridine rings is 1. The second kappa shape index (κ2) is 8.76. The minimum Gasteiger partial charge on any atom is -0.507 e. The van der Waals surface area contributed by atoms with Crippen molar-refractivity contribution < 1.29 is 15.3 Å². The molecule has 3 N–H and O–H groups in total. The molecule has 0 aliphatic rings. The molecule has 0 amide bonds. The molecule has 1 aromatic heterocycles. The number of aryl methyl sites for hydroxylation is 2. The summed E-state index contributed by atoms with van der Waals surface area (Å²) in [6, 6.07) is 4.84. The van der Waals surface area contributed by atoms with E-state index in [1.165, 1.54) is 0 Å². The lowest BCUT2D eigenvalue weighted by atomic mass is 9.93. The number of benzene rings is 2. The highest BCUT2D eigenvalue weighted by Gasteiger charge is 2.24. The Morgan fingerprint density at radius 3 is 2.07 bits per heavy atom. The zero-order valence-electron chi connectivity index (χ0n) is 17.6. The molecular weight excluding hydrogens is 366 g/mol. The number of phenols is 3. The van der Waals surface area contributed by atoms with Crippen molar-refractivity contribution >= 4 is 21.8 Å². The van der Waals surface area contributed by atoms with Crippen LogP contribution in [0, 0.1) is 0 Å². The van der Waals surface area contributed by atoms with Gasteiger partial charge in [0.1, 0.15) is 17.2 Å². The fraction of sp³-hybridized carbons (Fsp3) is 0.458. The molecule has 0 saturated heterocycles. The van der Waals surface area contributed by atoms with E-state index in [-0.39, 0.29) is 28.1 Å². The van der Waals surface area contributed by atoms with Gasteiger partial charge in [0.25, 0.3) is 0 Å². The Balaban J connectivity index is 2.40. The third-order valence-electron chi connectivity index (χ3n) is 5.83. The summed E-state index contributed by atoms with van der Waals surface area (Å²) in [7, 11) is 1.77. The molecule has 1 heterocycles. The Morgan fingerprint density at radius 1 is 0.828 bits per heavy atom. The molecular formula is C24H31NO4.